The zero-order valence-corrected chi connectivity index (χ0v) is 4.94. The van der Waals surface area contributed by atoms with Crippen LogP contribution in [0.5, 0.6) is 0 Å². The number of carboxylic acids is 2. The van der Waals surface area contributed by atoms with Crippen molar-refractivity contribution in [2.45, 2.75) is 6.42 Å². The lowest BCUT2D eigenvalue weighted by molar-refractivity contribution is -0.154. The van der Waals surface area contributed by atoms with E-state index >= 15 is 0 Å². The lowest BCUT2D eigenvalue weighted by Gasteiger charge is -1.98. The van der Waals surface area contributed by atoms with Gasteiger partial charge in [-0.3, -0.25) is 9.59 Å². The molecule has 0 aromatic carbocycles. The van der Waals surface area contributed by atoms with Crippen molar-refractivity contribution in [1.29, 1.82) is 5.26 Å². The molecule has 0 radical (unpaired) electrons. The van der Waals surface area contributed by atoms with Gasteiger partial charge in [-0.15, -0.1) is 0 Å². The van der Waals surface area contributed by atoms with E-state index in [0.717, 1.165) is 0 Å². The Morgan fingerprint density at radius 1 is 1.40 bits per heavy atom. The molecule has 0 fully saturated rings. The molecule has 0 unspecified atom stereocenters. The van der Waals surface area contributed by atoms with Crippen molar-refractivity contribution in [2.24, 2.45) is 5.92 Å². The van der Waals surface area contributed by atoms with Gasteiger partial charge in [-0.05, 0) is 0 Å². The largest absolute Gasteiger partial charge is 0.481 e. The number of nitriles is 1. The molecule has 0 bridgehead atoms. The molecular formula is C5H5NO4. The van der Waals surface area contributed by atoms with Gasteiger partial charge in [0, 0.05) is 0 Å². The third-order valence-electron chi connectivity index (χ3n) is 0.892. The second-order valence-electron chi connectivity index (χ2n) is 1.59. The van der Waals surface area contributed by atoms with Crippen LogP contribution in [0.1, 0.15) is 6.42 Å². The number of hydrogen-bond acceptors (Lipinski definition) is 3. The number of carbonyl (C=O) groups is 2. The first-order valence-corrected chi connectivity index (χ1v) is 2.42. The molecule has 0 atom stereocenters. The fourth-order valence-electron chi connectivity index (χ4n) is 0.372. The number of aliphatic carboxylic acids is 2. The summed E-state index contributed by atoms with van der Waals surface area (Å²) in [6.07, 6.45) is -0.495. The fourth-order valence-corrected chi connectivity index (χ4v) is 0.372. The minimum atomic E-state index is -1.59. The smallest absolute Gasteiger partial charge is 0.318 e. The van der Waals surface area contributed by atoms with E-state index in [4.69, 9.17) is 15.5 Å². The van der Waals surface area contributed by atoms with Gasteiger partial charge in [0.15, 0.2) is 5.92 Å². The monoisotopic (exact) mass is 143 g/mol. The van der Waals surface area contributed by atoms with E-state index in [1.807, 2.05) is 0 Å². The molecular weight excluding hydrogens is 138 g/mol. The zero-order valence-electron chi connectivity index (χ0n) is 4.94. The third kappa shape index (κ3) is 2.13. The Morgan fingerprint density at radius 3 is 1.90 bits per heavy atom. The summed E-state index contributed by atoms with van der Waals surface area (Å²) < 4.78 is 0. The van der Waals surface area contributed by atoms with Crippen LogP contribution in [-0.2, 0) is 9.59 Å². The van der Waals surface area contributed by atoms with Crippen molar-refractivity contribution in [3.63, 3.8) is 0 Å². The molecule has 0 saturated heterocycles. The number of hydrogen-bond donors (Lipinski definition) is 2. The normalized spacial score (nSPS) is 8.80. The summed E-state index contributed by atoms with van der Waals surface area (Å²) in [5.41, 5.74) is 0. The predicted molar refractivity (Wildman–Crippen MR) is 29.0 cm³/mol. The second-order valence-corrected chi connectivity index (χ2v) is 1.59. The third-order valence-corrected chi connectivity index (χ3v) is 0.892. The van der Waals surface area contributed by atoms with E-state index in [0.29, 0.717) is 0 Å². The highest BCUT2D eigenvalue weighted by Gasteiger charge is 2.24. The quantitative estimate of drug-likeness (QED) is 0.528. The van der Waals surface area contributed by atoms with Gasteiger partial charge in [0.2, 0.25) is 0 Å². The van der Waals surface area contributed by atoms with Crippen molar-refractivity contribution >= 4 is 11.9 Å². The van der Waals surface area contributed by atoms with E-state index < -0.39 is 24.3 Å². The van der Waals surface area contributed by atoms with E-state index in [1.54, 1.807) is 0 Å². The summed E-state index contributed by atoms with van der Waals surface area (Å²) in [4.78, 5) is 20.0. The van der Waals surface area contributed by atoms with Crippen LogP contribution in [-0.4, -0.2) is 22.2 Å². The molecule has 0 heterocycles. The van der Waals surface area contributed by atoms with E-state index in [9.17, 15) is 9.59 Å². The van der Waals surface area contributed by atoms with Crippen molar-refractivity contribution in [3.05, 3.63) is 0 Å². The molecule has 0 aliphatic carbocycles. The minimum absolute atomic E-state index is 0.495. The summed E-state index contributed by atoms with van der Waals surface area (Å²) in [6.45, 7) is 0. The summed E-state index contributed by atoms with van der Waals surface area (Å²) in [5, 5.41) is 24.2. The Balaban J connectivity index is 4.15. The Kier molecular flexibility index (Phi) is 2.91. The minimum Gasteiger partial charge on any atom is -0.481 e. The number of carboxylic acid groups (broad SMARTS) is 2. The lowest BCUT2D eigenvalue weighted by atomic mass is 10.1. The van der Waals surface area contributed by atoms with Crippen LogP contribution in [0.3, 0.4) is 0 Å². The van der Waals surface area contributed by atoms with Crippen LogP contribution in [0.2, 0.25) is 0 Å². The maximum absolute atomic E-state index is 10.00. The van der Waals surface area contributed by atoms with Gasteiger partial charge in [0.25, 0.3) is 0 Å². The summed E-state index contributed by atoms with van der Waals surface area (Å²) in [7, 11) is 0. The zero-order chi connectivity index (χ0) is 8.15. The molecule has 0 aliphatic heterocycles. The summed E-state index contributed by atoms with van der Waals surface area (Å²) in [6, 6.07) is 1.47. The molecule has 0 aromatic rings. The van der Waals surface area contributed by atoms with E-state index in [-0.39, 0.29) is 0 Å². The first-order chi connectivity index (χ1) is 4.59. The van der Waals surface area contributed by atoms with Gasteiger partial charge < -0.3 is 10.2 Å². The molecule has 54 valence electrons. The van der Waals surface area contributed by atoms with Crippen LogP contribution < -0.4 is 0 Å². The molecule has 10 heavy (non-hydrogen) atoms. The highest BCUT2D eigenvalue weighted by atomic mass is 16.4. The Hall–Kier alpha value is -1.57. The average Bonchev–Trinajstić information content (AvgIpc) is 1.81. The molecule has 0 spiro atoms. The van der Waals surface area contributed by atoms with Gasteiger partial charge in [-0.25, -0.2) is 0 Å². The molecule has 5 heteroatoms. The molecule has 2 N–H and O–H groups in total. The van der Waals surface area contributed by atoms with Gasteiger partial charge in [-0.2, -0.15) is 5.26 Å². The molecule has 0 aromatic heterocycles. The Morgan fingerprint density at radius 2 is 1.80 bits per heavy atom. The molecule has 5 nitrogen and oxygen atoms in total. The second kappa shape index (κ2) is 3.45. The van der Waals surface area contributed by atoms with Crippen LogP contribution in [0.4, 0.5) is 0 Å². The van der Waals surface area contributed by atoms with Crippen LogP contribution in [0.15, 0.2) is 0 Å². The summed E-state index contributed by atoms with van der Waals surface area (Å²) >= 11 is 0. The lowest BCUT2D eigenvalue weighted by Crippen LogP contribution is -2.22. The molecule has 0 saturated carbocycles. The van der Waals surface area contributed by atoms with Crippen LogP contribution in [0.25, 0.3) is 0 Å². The van der Waals surface area contributed by atoms with Crippen LogP contribution in [0, 0.1) is 17.2 Å². The summed E-state index contributed by atoms with van der Waals surface area (Å²) in [5.74, 6) is -4.55. The number of rotatable bonds is 3. The topological polar surface area (TPSA) is 98.4 Å². The van der Waals surface area contributed by atoms with Gasteiger partial charge >= 0.3 is 11.9 Å². The van der Waals surface area contributed by atoms with Crippen molar-refractivity contribution in [2.75, 3.05) is 0 Å². The number of nitrogens with zero attached hydrogens (tertiary/aromatic N) is 1. The molecule has 0 rings (SSSR count). The fraction of sp³-hybridized carbons (Fsp3) is 0.400. The first kappa shape index (κ1) is 8.43. The van der Waals surface area contributed by atoms with Gasteiger partial charge in [0.1, 0.15) is 0 Å². The standard InChI is InChI=1S/C5H5NO4/c6-2-1-3(4(7)8)5(9)10/h3H,1H2,(H,7,8)(H,9,10). The molecule has 0 aliphatic rings. The van der Waals surface area contributed by atoms with Crippen molar-refractivity contribution < 1.29 is 19.8 Å². The van der Waals surface area contributed by atoms with Crippen molar-refractivity contribution in [1.82, 2.24) is 0 Å². The average molecular weight is 143 g/mol. The first-order valence-electron chi connectivity index (χ1n) is 2.42. The van der Waals surface area contributed by atoms with Crippen LogP contribution >= 0.6 is 0 Å². The van der Waals surface area contributed by atoms with E-state index in [1.165, 1.54) is 6.07 Å². The SMILES string of the molecule is N#CCC(C(=O)O)C(=O)O. The predicted octanol–water partition coefficient (Wildman–Crippen LogP) is -0.315. The highest BCUT2D eigenvalue weighted by molar-refractivity contribution is 5.93. The van der Waals surface area contributed by atoms with Gasteiger partial charge in [-0.1, -0.05) is 0 Å². The van der Waals surface area contributed by atoms with Crippen molar-refractivity contribution in [3.8, 4) is 6.07 Å². The maximum atomic E-state index is 10.00. The molecule has 0 amide bonds. The van der Waals surface area contributed by atoms with E-state index in [2.05, 4.69) is 0 Å². The highest BCUT2D eigenvalue weighted by Crippen LogP contribution is 2.01. The Labute approximate surface area is 56.5 Å². The Bertz CT molecular complexity index is 178. The maximum Gasteiger partial charge on any atom is 0.318 e. The van der Waals surface area contributed by atoms with Gasteiger partial charge in [0.05, 0.1) is 12.5 Å².